The summed E-state index contributed by atoms with van der Waals surface area (Å²) in [6.45, 7) is 9.83. The van der Waals surface area contributed by atoms with Crippen molar-refractivity contribution in [1.82, 2.24) is 9.97 Å². The fourth-order valence-corrected chi connectivity index (χ4v) is 1.63. The van der Waals surface area contributed by atoms with Crippen molar-refractivity contribution in [2.45, 2.75) is 20.8 Å². The molecule has 0 fully saturated rings. The first-order valence-electron chi connectivity index (χ1n) is 7.70. The maximum Gasteiger partial charge on any atom is 0.356 e. The topological polar surface area (TPSA) is 72.1 Å². The van der Waals surface area contributed by atoms with Gasteiger partial charge >= 0.3 is 5.97 Å². The van der Waals surface area contributed by atoms with E-state index in [1.165, 1.54) is 25.3 Å². The predicted molar refractivity (Wildman–Crippen MR) is 102 cm³/mol. The van der Waals surface area contributed by atoms with Crippen molar-refractivity contribution in [3.8, 4) is 0 Å². The first-order valence-corrected chi connectivity index (χ1v) is 8.08. The van der Waals surface area contributed by atoms with Crippen molar-refractivity contribution < 1.29 is 14.3 Å². The second-order valence-electron chi connectivity index (χ2n) is 4.28. The molecule has 0 amide bonds. The minimum Gasteiger partial charge on any atom is -0.464 e. The molecule has 25 heavy (non-hydrogen) atoms. The molecule has 5 nitrogen and oxygen atoms in total. The molecule has 6 heteroatoms. The molecule has 0 saturated carbocycles. The molecule has 2 aromatic heterocycles. The molecule has 0 aliphatic heterocycles. The fraction of sp³-hybridized carbons (Fsp3) is 0.211. The Morgan fingerprint density at radius 1 is 1.24 bits per heavy atom. The third kappa shape index (κ3) is 8.13. The van der Waals surface area contributed by atoms with Crippen molar-refractivity contribution in [2.24, 2.45) is 0 Å². The number of methoxy groups -OCH3 is 1. The largest absolute Gasteiger partial charge is 0.464 e. The zero-order valence-corrected chi connectivity index (χ0v) is 15.6. The molecule has 2 aromatic rings. The molecule has 0 saturated heterocycles. The number of carbonyl (C=O) groups excluding carboxylic acids is 2. The molecule has 134 valence electrons. The number of halogens is 1. The van der Waals surface area contributed by atoms with Gasteiger partial charge in [-0.2, -0.15) is 0 Å². The smallest absolute Gasteiger partial charge is 0.356 e. The zero-order valence-electron chi connectivity index (χ0n) is 14.9. The average molecular weight is 363 g/mol. The van der Waals surface area contributed by atoms with E-state index in [1.54, 1.807) is 0 Å². The van der Waals surface area contributed by atoms with Gasteiger partial charge in [0.2, 0.25) is 0 Å². The maximum absolute atomic E-state index is 10.9. The Kier molecular flexibility index (Phi) is 11.4. The first-order chi connectivity index (χ1) is 12.0. The maximum atomic E-state index is 10.9. The van der Waals surface area contributed by atoms with Crippen molar-refractivity contribution >= 4 is 35.5 Å². The van der Waals surface area contributed by atoms with Crippen LogP contribution in [0.25, 0.3) is 12.7 Å². The predicted octanol–water partition coefficient (Wildman–Crippen LogP) is 3.06. The highest BCUT2D eigenvalue weighted by Crippen LogP contribution is 2.03. The number of H-pyrrole nitrogens is 1. The Morgan fingerprint density at radius 2 is 1.88 bits per heavy atom. The molecule has 0 atom stereocenters. The number of nitrogens with zero attached hydrogens (tertiary/aromatic N) is 1. The van der Waals surface area contributed by atoms with E-state index in [2.05, 4.69) is 21.3 Å². The third-order valence-corrected chi connectivity index (χ3v) is 2.86. The summed E-state index contributed by atoms with van der Waals surface area (Å²) in [5.74, 6) is -0.597. The lowest BCUT2D eigenvalue weighted by molar-refractivity contribution is 0.0594. The van der Waals surface area contributed by atoms with E-state index in [0.29, 0.717) is 0 Å². The summed E-state index contributed by atoms with van der Waals surface area (Å²) < 4.78 is 4.42. The number of nitrogens with one attached hydrogen (secondary N) is 1. The lowest BCUT2D eigenvalue weighted by atomic mass is 10.3. The van der Waals surface area contributed by atoms with Crippen LogP contribution in [0.3, 0.4) is 0 Å². The van der Waals surface area contributed by atoms with Crippen LogP contribution < -0.4 is 10.6 Å². The number of rotatable bonds is 3. The Labute approximate surface area is 152 Å². The minimum absolute atomic E-state index is 0.0320. The number of aromatic amines is 1. The molecule has 1 N–H and O–H groups in total. The van der Waals surface area contributed by atoms with Gasteiger partial charge in [0.15, 0.2) is 0 Å². The molecule has 2 rings (SSSR count). The summed E-state index contributed by atoms with van der Waals surface area (Å²) in [6, 6.07) is 6.32. The number of allylic oxidation sites excluding steroid dienone is 2. The van der Waals surface area contributed by atoms with E-state index in [0.717, 1.165) is 10.6 Å². The van der Waals surface area contributed by atoms with E-state index >= 15 is 0 Å². The van der Waals surface area contributed by atoms with Crippen molar-refractivity contribution in [1.29, 1.82) is 0 Å². The minimum atomic E-state index is -0.703. The number of esters is 1. The number of hydrogen-bond donors (Lipinski definition) is 1. The highest BCUT2D eigenvalue weighted by Gasteiger charge is 2.09. The number of carbonyl (C=O) groups is 2. The standard InChI is InChI=1S/C9H11N.C8H6ClNO3.C2H6/c1-3-4-5-9-8(2)6-7-10-9;1-13-8(12)6-4-2-3-5(10-6)7(9)11;1-2/h3-7,10H,2H2,1H3;2-4H,1H3;1-2H3/b4-3-,9-5+;;. The summed E-state index contributed by atoms with van der Waals surface area (Å²) in [5, 5.41) is 1.42. The van der Waals surface area contributed by atoms with Crippen LogP contribution >= 0.6 is 11.6 Å². The van der Waals surface area contributed by atoms with Gasteiger partial charge in [0.05, 0.1) is 7.11 Å². The monoisotopic (exact) mass is 362 g/mol. The molecule has 0 aromatic carbocycles. The molecule has 0 aliphatic carbocycles. The van der Waals surface area contributed by atoms with Gasteiger partial charge in [-0.15, -0.1) is 0 Å². The molecule has 0 bridgehead atoms. The van der Waals surface area contributed by atoms with E-state index in [1.807, 2.05) is 51.3 Å². The zero-order chi connectivity index (χ0) is 19.2. The van der Waals surface area contributed by atoms with Gasteiger partial charge in [0, 0.05) is 11.5 Å². The number of aromatic nitrogens is 2. The van der Waals surface area contributed by atoms with Gasteiger partial charge < -0.3 is 9.72 Å². The van der Waals surface area contributed by atoms with Gasteiger partial charge in [-0.25, -0.2) is 9.78 Å². The first kappa shape index (κ1) is 22.3. The van der Waals surface area contributed by atoms with Gasteiger partial charge in [0.25, 0.3) is 5.24 Å². The molecule has 2 heterocycles. The molecule has 0 spiro atoms. The van der Waals surface area contributed by atoms with E-state index in [4.69, 9.17) is 11.6 Å². The Bertz CT molecular complexity index is 810. The second kappa shape index (κ2) is 12.7. The molecule has 0 unspecified atom stereocenters. The quantitative estimate of drug-likeness (QED) is 0.672. The number of hydrogen-bond acceptors (Lipinski definition) is 4. The lowest BCUT2D eigenvalue weighted by Crippen LogP contribution is -2.19. The highest BCUT2D eigenvalue weighted by atomic mass is 35.5. The summed E-state index contributed by atoms with van der Waals surface area (Å²) in [6.07, 6.45) is 7.86. The van der Waals surface area contributed by atoms with Crippen LogP contribution in [-0.2, 0) is 4.74 Å². The van der Waals surface area contributed by atoms with Crippen LogP contribution in [-0.4, -0.2) is 28.3 Å². The fourth-order valence-electron chi connectivity index (χ4n) is 1.52. The van der Waals surface area contributed by atoms with Gasteiger partial charge in [0.1, 0.15) is 11.4 Å². The van der Waals surface area contributed by atoms with Gasteiger partial charge in [-0.1, -0.05) is 38.6 Å². The summed E-state index contributed by atoms with van der Waals surface area (Å²) in [5.41, 5.74) is 0.0959. The van der Waals surface area contributed by atoms with Gasteiger partial charge in [-0.05, 0) is 48.0 Å². The number of ether oxygens (including phenoxy) is 1. The summed E-state index contributed by atoms with van der Waals surface area (Å²) >= 11 is 5.17. The molecule has 0 aliphatic rings. The van der Waals surface area contributed by atoms with Crippen LogP contribution in [0.2, 0.25) is 0 Å². The van der Waals surface area contributed by atoms with E-state index < -0.39 is 11.2 Å². The van der Waals surface area contributed by atoms with E-state index in [9.17, 15) is 9.59 Å². The van der Waals surface area contributed by atoms with Crippen LogP contribution in [0.1, 0.15) is 41.7 Å². The second-order valence-corrected chi connectivity index (χ2v) is 4.63. The van der Waals surface area contributed by atoms with Crippen LogP contribution in [0, 0.1) is 0 Å². The highest BCUT2D eigenvalue weighted by molar-refractivity contribution is 6.67. The lowest BCUT2D eigenvalue weighted by Gasteiger charge is -1.98. The summed E-state index contributed by atoms with van der Waals surface area (Å²) in [4.78, 5) is 28.4. The Morgan fingerprint density at radius 3 is 2.36 bits per heavy atom. The Balaban J connectivity index is 0.000000430. The SMILES string of the molecule is C=c1cc[nH]/c1=C/C=C\C.CC.COC(=O)c1cccc(C(=O)Cl)n1. The van der Waals surface area contributed by atoms with Crippen LogP contribution in [0.4, 0.5) is 0 Å². The van der Waals surface area contributed by atoms with Crippen molar-refractivity contribution in [3.63, 3.8) is 0 Å². The molecule has 0 radical (unpaired) electrons. The average Bonchev–Trinajstić information content (AvgIpc) is 3.06. The van der Waals surface area contributed by atoms with Crippen LogP contribution in [0.5, 0.6) is 0 Å². The van der Waals surface area contributed by atoms with E-state index in [-0.39, 0.29) is 11.4 Å². The summed E-state index contributed by atoms with van der Waals surface area (Å²) in [7, 11) is 1.24. The Hall–Kier alpha value is -2.66. The van der Waals surface area contributed by atoms with Crippen molar-refractivity contribution in [3.05, 3.63) is 64.6 Å². The normalized spacial score (nSPS) is 10.4. The molecular formula is C19H23ClN2O3. The third-order valence-electron chi connectivity index (χ3n) is 2.67. The molecular weight excluding hydrogens is 340 g/mol. The van der Waals surface area contributed by atoms with Gasteiger partial charge in [-0.3, -0.25) is 4.79 Å². The van der Waals surface area contributed by atoms with Crippen LogP contribution in [0.15, 0.2) is 42.6 Å². The number of pyridine rings is 1. The van der Waals surface area contributed by atoms with Crippen molar-refractivity contribution in [2.75, 3.05) is 7.11 Å².